The number of ether oxygens (including phenoxy) is 1. The second-order valence-electron chi connectivity index (χ2n) is 5.78. The van der Waals surface area contributed by atoms with E-state index >= 15 is 0 Å². The number of aliphatic imine (C=N–C) groups is 1. The Morgan fingerprint density at radius 1 is 1.20 bits per heavy atom. The summed E-state index contributed by atoms with van der Waals surface area (Å²) >= 11 is 0. The van der Waals surface area contributed by atoms with Crippen molar-refractivity contribution in [3.05, 3.63) is 58.7 Å². The number of benzene rings is 1. The summed E-state index contributed by atoms with van der Waals surface area (Å²) in [6.07, 6.45) is 2.60. The molecule has 0 spiro atoms. The van der Waals surface area contributed by atoms with Gasteiger partial charge in [0, 0.05) is 30.9 Å². The van der Waals surface area contributed by atoms with Gasteiger partial charge in [-0.2, -0.15) is 0 Å². The van der Waals surface area contributed by atoms with Crippen LogP contribution in [0.4, 0.5) is 4.39 Å². The molecule has 2 aromatic rings. The number of hydrogen-bond acceptors (Lipinski definition) is 3. The number of halogens is 1. The Balaban J connectivity index is 1.87. The molecule has 1 heterocycles. The molecule has 0 aliphatic rings. The zero-order valence-corrected chi connectivity index (χ0v) is 15.2. The molecule has 0 bridgehead atoms. The maximum absolute atomic E-state index is 12.9. The highest BCUT2D eigenvalue weighted by Gasteiger charge is 2.09. The van der Waals surface area contributed by atoms with Crippen molar-refractivity contribution in [1.29, 1.82) is 0 Å². The maximum atomic E-state index is 12.9. The third-order valence-corrected chi connectivity index (χ3v) is 4.02. The Morgan fingerprint density at radius 3 is 2.56 bits per heavy atom. The Bertz CT molecular complexity index is 729. The minimum atomic E-state index is -0.217. The van der Waals surface area contributed by atoms with Crippen LogP contribution in [0.5, 0.6) is 5.75 Å². The van der Waals surface area contributed by atoms with Gasteiger partial charge in [0.2, 0.25) is 0 Å². The highest BCUT2D eigenvalue weighted by atomic mass is 19.1. The van der Waals surface area contributed by atoms with Gasteiger partial charge in [0.1, 0.15) is 11.6 Å². The van der Waals surface area contributed by atoms with Gasteiger partial charge in [-0.25, -0.2) is 4.39 Å². The molecule has 0 amide bonds. The fourth-order valence-corrected chi connectivity index (χ4v) is 2.61. The summed E-state index contributed by atoms with van der Waals surface area (Å²) in [7, 11) is 3.39. The molecule has 0 saturated carbocycles. The number of aromatic nitrogens is 1. The molecule has 0 aliphatic heterocycles. The van der Waals surface area contributed by atoms with E-state index in [4.69, 9.17) is 4.74 Å². The fourth-order valence-electron chi connectivity index (χ4n) is 2.61. The quantitative estimate of drug-likeness (QED) is 0.625. The zero-order chi connectivity index (χ0) is 18.2. The van der Waals surface area contributed by atoms with E-state index in [1.165, 1.54) is 12.1 Å². The molecule has 0 aliphatic carbocycles. The van der Waals surface area contributed by atoms with Crippen LogP contribution in [0.1, 0.15) is 22.4 Å². The molecule has 6 heteroatoms. The number of rotatable bonds is 6. The topological polar surface area (TPSA) is 58.5 Å². The molecule has 5 nitrogen and oxygen atoms in total. The maximum Gasteiger partial charge on any atom is 0.191 e. The SMILES string of the molecule is CN=C(NCCc1ccc(F)cc1)NCc1ncc(C)c(OC)c1C. The Morgan fingerprint density at radius 2 is 1.92 bits per heavy atom. The molecule has 25 heavy (non-hydrogen) atoms. The molecule has 0 fully saturated rings. The summed E-state index contributed by atoms with van der Waals surface area (Å²) in [5.41, 5.74) is 4.04. The van der Waals surface area contributed by atoms with Crippen LogP contribution < -0.4 is 15.4 Å². The molecular formula is C19H25FN4O. The van der Waals surface area contributed by atoms with Crippen LogP contribution in [0.2, 0.25) is 0 Å². The predicted octanol–water partition coefficient (Wildman–Crippen LogP) is 2.75. The second-order valence-corrected chi connectivity index (χ2v) is 5.78. The van der Waals surface area contributed by atoms with Crippen LogP contribution in [-0.4, -0.2) is 31.6 Å². The number of methoxy groups -OCH3 is 1. The van der Waals surface area contributed by atoms with E-state index in [1.807, 2.05) is 20.0 Å². The fraction of sp³-hybridized carbons (Fsp3) is 0.368. The number of nitrogens with one attached hydrogen (secondary N) is 2. The van der Waals surface area contributed by atoms with Gasteiger partial charge in [-0.1, -0.05) is 12.1 Å². The summed E-state index contributed by atoms with van der Waals surface area (Å²) in [5.74, 6) is 1.35. The number of guanidine groups is 1. The summed E-state index contributed by atoms with van der Waals surface area (Å²) in [6.45, 7) is 5.24. The van der Waals surface area contributed by atoms with E-state index < -0.39 is 0 Å². The van der Waals surface area contributed by atoms with Gasteiger partial charge < -0.3 is 15.4 Å². The average molecular weight is 344 g/mol. The average Bonchev–Trinajstić information content (AvgIpc) is 2.61. The first-order valence-corrected chi connectivity index (χ1v) is 8.23. The molecule has 0 saturated heterocycles. The summed E-state index contributed by atoms with van der Waals surface area (Å²) in [5, 5.41) is 6.50. The third kappa shape index (κ3) is 5.17. The smallest absolute Gasteiger partial charge is 0.191 e. The molecule has 2 N–H and O–H groups in total. The molecule has 1 aromatic heterocycles. The number of aryl methyl sites for hydroxylation is 1. The van der Waals surface area contributed by atoms with E-state index in [9.17, 15) is 4.39 Å². The molecule has 0 atom stereocenters. The molecule has 0 radical (unpaired) electrons. The van der Waals surface area contributed by atoms with Crippen molar-refractivity contribution in [2.75, 3.05) is 20.7 Å². The van der Waals surface area contributed by atoms with Crippen LogP contribution >= 0.6 is 0 Å². The lowest BCUT2D eigenvalue weighted by Gasteiger charge is -2.15. The normalized spacial score (nSPS) is 11.3. The van der Waals surface area contributed by atoms with Crippen LogP contribution in [0, 0.1) is 19.7 Å². The standard InChI is InChI=1S/C19H25FN4O/c1-13-11-23-17(14(2)18(13)25-4)12-24-19(21-3)22-10-9-15-5-7-16(20)8-6-15/h5-8,11H,9-10,12H2,1-4H3,(H2,21,22,24). The lowest BCUT2D eigenvalue weighted by atomic mass is 10.1. The van der Waals surface area contributed by atoms with Crippen molar-refractivity contribution in [2.45, 2.75) is 26.8 Å². The molecular weight excluding hydrogens is 319 g/mol. The summed E-state index contributed by atoms with van der Waals surface area (Å²) in [4.78, 5) is 8.68. The van der Waals surface area contributed by atoms with E-state index in [2.05, 4.69) is 20.6 Å². The minimum absolute atomic E-state index is 0.217. The number of pyridine rings is 1. The van der Waals surface area contributed by atoms with Crippen LogP contribution in [0.15, 0.2) is 35.5 Å². The number of nitrogens with zero attached hydrogens (tertiary/aromatic N) is 2. The van der Waals surface area contributed by atoms with Crippen LogP contribution in [-0.2, 0) is 13.0 Å². The van der Waals surface area contributed by atoms with E-state index in [0.717, 1.165) is 34.6 Å². The molecule has 134 valence electrons. The first-order valence-electron chi connectivity index (χ1n) is 8.23. The second kappa shape index (κ2) is 9.01. The zero-order valence-electron chi connectivity index (χ0n) is 15.2. The van der Waals surface area contributed by atoms with Gasteiger partial charge in [0.15, 0.2) is 5.96 Å². The van der Waals surface area contributed by atoms with Crippen molar-refractivity contribution in [3.8, 4) is 5.75 Å². The first kappa shape index (κ1) is 18.7. The van der Waals surface area contributed by atoms with Gasteiger partial charge in [-0.3, -0.25) is 9.98 Å². The van der Waals surface area contributed by atoms with E-state index in [0.29, 0.717) is 19.0 Å². The third-order valence-electron chi connectivity index (χ3n) is 4.02. The Kier molecular flexibility index (Phi) is 6.74. The summed E-state index contributed by atoms with van der Waals surface area (Å²) in [6, 6.07) is 6.53. The van der Waals surface area contributed by atoms with Crippen molar-refractivity contribution >= 4 is 5.96 Å². The predicted molar refractivity (Wildman–Crippen MR) is 98.6 cm³/mol. The Labute approximate surface area is 148 Å². The van der Waals surface area contributed by atoms with Gasteiger partial charge in [-0.15, -0.1) is 0 Å². The minimum Gasteiger partial charge on any atom is -0.496 e. The largest absolute Gasteiger partial charge is 0.496 e. The van der Waals surface area contributed by atoms with Gasteiger partial charge in [0.25, 0.3) is 0 Å². The monoisotopic (exact) mass is 344 g/mol. The summed E-state index contributed by atoms with van der Waals surface area (Å²) < 4.78 is 18.3. The first-order chi connectivity index (χ1) is 12.0. The van der Waals surface area contributed by atoms with Gasteiger partial charge in [0.05, 0.1) is 19.3 Å². The van der Waals surface area contributed by atoms with Gasteiger partial charge >= 0.3 is 0 Å². The molecule has 0 unspecified atom stereocenters. The van der Waals surface area contributed by atoms with Crippen molar-refractivity contribution in [1.82, 2.24) is 15.6 Å². The highest BCUT2D eigenvalue weighted by molar-refractivity contribution is 5.79. The van der Waals surface area contributed by atoms with E-state index in [-0.39, 0.29) is 5.82 Å². The van der Waals surface area contributed by atoms with Crippen LogP contribution in [0.3, 0.4) is 0 Å². The molecule has 1 aromatic carbocycles. The van der Waals surface area contributed by atoms with Crippen molar-refractivity contribution in [2.24, 2.45) is 4.99 Å². The van der Waals surface area contributed by atoms with Gasteiger partial charge in [-0.05, 0) is 38.0 Å². The number of hydrogen-bond donors (Lipinski definition) is 2. The van der Waals surface area contributed by atoms with E-state index in [1.54, 1.807) is 26.3 Å². The molecule has 2 rings (SSSR count). The lowest BCUT2D eigenvalue weighted by molar-refractivity contribution is 0.406. The Hall–Kier alpha value is -2.63. The lowest BCUT2D eigenvalue weighted by Crippen LogP contribution is -2.38. The van der Waals surface area contributed by atoms with Crippen LogP contribution in [0.25, 0.3) is 0 Å². The van der Waals surface area contributed by atoms with Crippen molar-refractivity contribution < 1.29 is 9.13 Å². The van der Waals surface area contributed by atoms with Crippen molar-refractivity contribution in [3.63, 3.8) is 0 Å². The highest BCUT2D eigenvalue weighted by Crippen LogP contribution is 2.23.